The van der Waals surface area contributed by atoms with Gasteiger partial charge in [-0.15, -0.1) is 0 Å². The van der Waals surface area contributed by atoms with E-state index >= 15 is 0 Å². The number of carbonyl (C=O) groups excluding carboxylic acids is 1. The van der Waals surface area contributed by atoms with Crippen LogP contribution in [0, 0.1) is 0 Å². The van der Waals surface area contributed by atoms with Crippen LogP contribution in [0.25, 0.3) is 0 Å². The molecule has 0 saturated heterocycles. The number of anilines is 1. The number of nitrogens with two attached hydrogens (primary N) is 1. The Morgan fingerprint density at radius 3 is 2.46 bits per heavy atom. The van der Waals surface area contributed by atoms with Gasteiger partial charge in [-0.2, -0.15) is 0 Å². The third-order valence-corrected chi connectivity index (χ3v) is 4.12. The van der Waals surface area contributed by atoms with E-state index < -0.39 is 0 Å². The highest BCUT2D eigenvalue weighted by molar-refractivity contribution is 9.10. The van der Waals surface area contributed by atoms with Gasteiger partial charge < -0.3 is 15.8 Å². The maximum atomic E-state index is 11.8. The van der Waals surface area contributed by atoms with Crippen molar-refractivity contribution in [1.82, 2.24) is 5.32 Å². The molecule has 2 rings (SSSR count). The molecule has 24 heavy (non-hydrogen) atoms. The lowest BCUT2D eigenvalue weighted by Gasteiger charge is -2.07. The molecule has 0 aliphatic heterocycles. The fourth-order valence-corrected chi connectivity index (χ4v) is 2.49. The quantitative estimate of drug-likeness (QED) is 0.503. The Kier molecular flexibility index (Phi) is 7.62. The fraction of sp³-hybridized carbons (Fsp3) is 0.316. The van der Waals surface area contributed by atoms with E-state index in [1.807, 2.05) is 48.5 Å². The van der Waals surface area contributed by atoms with Crippen LogP contribution in [0.4, 0.5) is 5.69 Å². The number of rotatable bonds is 9. The summed E-state index contributed by atoms with van der Waals surface area (Å²) in [5.74, 6) is 0.945. The summed E-state index contributed by atoms with van der Waals surface area (Å²) in [5.41, 5.74) is 7.58. The number of hydrogen-bond acceptors (Lipinski definition) is 3. The van der Waals surface area contributed by atoms with Gasteiger partial charge in [0.1, 0.15) is 5.75 Å². The first kappa shape index (κ1) is 18.3. The summed E-state index contributed by atoms with van der Waals surface area (Å²) in [7, 11) is 0. The molecule has 5 heteroatoms. The number of nitrogen functional groups attached to an aromatic ring is 1. The van der Waals surface area contributed by atoms with Crippen molar-refractivity contribution in [3.8, 4) is 5.75 Å². The number of nitrogens with one attached hydrogen (secondary N) is 1. The Balaban J connectivity index is 1.51. The molecule has 4 nitrogen and oxygen atoms in total. The Hall–Kier alpha value is -2.01. The van der Waals surface area contributed by atoms with Crippen molar-refractivity contribution in [3.05, 3.63) is 58.6 Å². The van der Waals surface area contributed by atoms with E-state index in [1.54, 1.807) is 0 Å². The third-order valence-electron chi connectivity index (χ3n) is 3.60. The summed E-state index contributed by atoms with van der Waals surface area (Å²) < 4.78 is 6.66. The second kappa shape index (κ2) is 9.98. The van der Waals surface area contributed by atoms with Crippen molar-refractivity contribution in [3.63, 3.8) is 0 Å². The molecule has 0 aliphatic rings. The second-order valence-electron chi connectivity index (χ2n) is 5.60. The van der Waals surface area contributed by atoms with Gasteiger partial charge in [0.15, 0.2) is 0 Å². The van der Waals surface area contributed by atoms with Crippen molar-refractivity contribution in [1.29, 1.82) is 0 Å². The number of halogens is 1. The number of hydrogen-bond donors (Lipinski definition) is 2. The van der Waals surface area contributed by atoms with Crippen LogP contribution in [0.5, 0.6) is 5.75 Å². The van der Waals surface area contributed by atoms with Gasteiger partial charge in [-0.1, -0.05) is 28.1 Å². The van der Waals surface area contributed by atoms with E-state index in [9.17, 15) is 4.79 Å². The van der Waals surface area contributed by atoms with Gasteiger partial charge >= 0.3 is 0 Å². The van der Waals surface area contributed by atoms with Crippen LogP contribution in [-0.4, -0.2) is 19.1 Å². The highest BCUT2D eigenvalue weighted by Gasteiger charge is 2.01. The fourth-order valence-electron chi connectivity index (χ4n) is 2.23. The Morgan fingerprint density at radius 1 is 1.04 bits per heavy atom. The van der Waals surface area contributed by atoms with Crippen molar-refractivity contribution >= 4 is 27.5 Å². The minimum Gasteiger partial charge on any atom is -0.494 e. The van der Waals surface area contributed by atoms with E-state index in [1.165, 1.54) is 5.56 Å². The van der Waals surface area contributed by atoms with Gasteiger partial charge in [0.05, 0.1) is 6.61 Å². The first-order chi connectivity index (χ1) is 11.6. The molecule has 0 spiro atoms. The normalized spacial score (nSPS) is 10.4. The zero-order chi connectivity index (χ0) is 17.2. The lowest BCUT2D eigenvalue weighted by Crippen LogP contribution is -2.25. The molecular formula is C19H23BrN2O2. The highest BCUT2D eigenvalue weighted by Crippen LogP contribution is 2.16. The third kappa shape index (κ3) is 7.04. The molecule has 0 unspecified atom stereocenters. The van der Waals surface area contributed by atoms with Crippen LogP contribution in [-0.2, 0) is 11.2 Å². The van der Waals surface area contributed by atoms with Crippen LogP contribution in [0.15, 0.2) is 53.0 Å². The summed E-state index contributed by atoms with van der Waals surface area (Å²) >= 11 is 3.39. The number of amides is 1. The zero-order valence-corrected chi connectivity index (χ0v) is 15.2. The van der Waals surface area contributed by atoms with Gasteiger partial charge in [-0.3, -0.25) is 4.79 Å². The van der Waals surface area contributed by atoms with Crippen LogP contribution in [0.2, 0.25) is 0 Å². The molecule has 0 heterocycles. The Morgan fingerprint density at radius 2 is 1.75 bits per heavy atom. The Bertz CT molecular complexity index is 627. The molecule has 128 valence electrons. The van der Waals surface area contributed by atoms with E-state index in [4.69, 9.17) is 10.5 Å². The van der Waals surface area contributed by atoms with E-state index in [2.05, 4.69) is 21.2 Å². The maximum Gasteiger partial charge on any atom is 0.220 e. The van der Waals surface area contributed by atoms with Crippen molar-refractivity contribution in [2.24, 2.45) is 0 Å². The first-order valence-corrected chi connectivity index (χ1v) is 8.92. The lowest BCUT2D eigenvalue weighted by molar-refractivity contribution is -0.121. The minimum atomic E-state index is 0.0917. The summed E-state index contributed by atoms with van der Waals surface area (Å²) in [6, 6.07) is 15.5. The average Bonchev–Trinajstić information content (AvgIpc) is 2.58. The largest absolute Gasteiger partial charge is 0.494 e. The van der Waals surface area contributed by atoms with Crippen molar-refractivity contribution in [2.45, 2.75) is 25.7 Å². The molecule has 0 aliphatic carbocycles. The van der Waals surface area contributed by atoms with E-state index in [0.29, 0.717) is 19.6 Å². The van der Waals surface area contributed by atoms with Gasteiger partial charge in [0.25, 0.3) is 0 Å². The molecular weight excluding hydrogens is 368 g/mol. The van der Waals surface area contributed by atoms with Gasteiger partial charge in [-0.25, -0.2) is 0 Å². The maximum absolute atomic E-state index is 11.8. The summed E-state index contributed by atoms with van der Waals surface area (Å²) in [4.78, 5) is 11.8. The van der Waals surface area contributed by atoms with E-state index in [-0.39, 0.29) is 5.91 Å². The predicted molar refractivity (Wildman–Crippen MR) is 101 cm³/mol. The second-order valence-corrected chi connectivity index (χ2v) is 6.52. The number of unbranched alkanes of at least 4 members (excludes halogenated alkanes) is 1. The summed E-state index contributed by atoms with van der Waals surface area (Å²) in [6.45, 7) is 1.28. The van der Waals surface area contributed by atoms with Crippen LogP contribution in [0.3, 0.4) is 0 Å². The number of carbonyl (C=O) groups is 1. The van der Waals surface area contributed by atoms with E-state index in [0.717, 1.165) is 35.2 Å². The molecule has 0 fully saturated rings. The number of ether oxygens (including phenoxy) is 1. The average molecular weight is 391 g/mol. The van der Waals surface area contributed by atoms with Gasteiger partial charge in [-0.05, 0) is 61.2 Å². The standard InChI is InChI=1S/C19H23BrN2O2/c20-16-6-10-18(11-7-16)24-14-2-1-3-19(23)22-13-12-15-4-8-17(21)9-5-15/h4-11H,1-3,12-14,21H2,(H,22,23). The highest BCUT2D eigenvalue weighted by atomic mass is 79.9. The minimum absolute atomic E-state index is 0.0917. The lowest BCUT2D eigenvalue weighted by atomic mass is 10.1. The molecule has 0 radical (unpaired) electrons. The molecule has 1 amide bonds. The van der Waals surface area contributed by atoms with Gasteiger partial charge in [0, 0.05) is 23.1 Å². The van der Waals surface area contributed by atoms with Crippen LogP contribution in [0.1, 0.15) is 24.8 Å². The van der Waals surface area contributed by atoms with Crippen molar-refractivity contribution in [2.75, 3.05) is 18.9 Å². The van der Waals surface area contributed by atoms with Gasteiger partial charge in [0.2, 0.25) is 5.91 Å². The smallest absolute Gasteiger partial charge is 0.220 e. The first-order valence-electron chi connectivity index (χ1n) is 8.13. The van der Waals surface area contributed by atoms with Crippen molar-refractivity contribution < 1.29 is 9.53 Å². The Labute approximate surface area is 151 Å². The molecule has 0 aromatic heterocycles. The molecule has 3 N–H and O–H groups in total. The molecule has 0 saturated carbocycles. The monoisotopic (exact) mass is 390 g/mol. The summed E-state index contributed by atoms with van der Waals surface area (Å²) in [5, 5.41) is 2.94. The predicted octanol–water partition coefficient (Wildman–Crippen LogP) is 3.94. The zero-order valence-electron chi connectivity index (χ0n) is 13.6. The molecule has 2 aromatic carbocycles. The van der Waals surface area contributed by atoms with Crippen LogP contribution < -0.4 is 15.8 Å². The SMILES string of the molecule is Nc1ccc(CCNC(=O)CCCCOc2ccc(Br)cc2)cc1. The molecule has 0 bridgehead atoms. The summed E-state index contributed by atoms with van der Waals surface area (Å²) in [6.07, 6.45) is 3.04. The number of benzene rings is 2. The molecule has 0 atom stereocenters. The van der Waals surface area contributed by atoms with Crippen LogP contribution >= 0.6 is 15.9 Å². The topological polar surface area (TPSA) is 64.3 Å². The molecule has 2 aromatic rings.